The predicted octanol–water partition coefficient (Wildman–Crippen LogP) is 3.60. The summed E-state index contributed by atoms with van der Waals surface area (Å²) in [5, 5.41) is 13.7. The van der Waals surface area contributed by atoms with Crippen LogP contribution in [0.3, 0.4) is 0 Å². The number of aryl methyl sites for hydroxylation is 2. The van der Waals surface area contributed by atoms with Crippen LogP contribution in [0, 0.1) is 0 Å². The molecule has 1 heterocycles. The van der Waals surface area contributed by atoms with Crippen molar-refractivity contribution in [3.8, 4) is 5.75 Å². The molecule has 0 spiro atoms. The summed E-state index contributed by atoms with van der Waals surface area (Å²) < 4.78 is 5.15. The highest BCUT2D eigenvalue weighted by Crippen LogP contribution is 2.26. The van der Waals surface area contributed by atoms with Gasteiger partial charge in [0.15, 0.2) is 0 Å². The Labute approximate surface area is 133 Å². The van der Waals surface area contributed by atoms with Gasteiger partial charge < -0.3 is 14.8 Å². The molecule has 116 valence electrons. The fraction of sp³-hybridized carbons (Fsp3) is 0.211. The average Bonchev–Trinajstić information content (AvgIpc) is 2.99. The lowest BCUT2D eigenvalue weighted by Gasteiger charge is -2.10. The largest absolute Gasteiger partial charge is 0.508 e. The first kappa shape index (κ1) is 13.9. The first-order valence-electron chi connectivity index (χ1n) is 7.80. The van der Waals surface area contributed by atoms with Gasteiger partial charge in [0.25, 0.3) is 0 Å². The zero-order valence-electron chi connectivity index (χ0n) is 12.6. The van der Waals surface area contributed by atoms with Crippen molar-refractivity contribution in [1.82, 2.24) is 0 Å². The molecule has 1 aliphatic rings. The topological polar surface area (TPSA) is 62.5 Å². The summed E-state index contributed by atoms with van der Waals surface area (Å²) in [5.41, 5.74) is 4.77. The zero-order chi connectivity index (χ0) is 15.8. The molecule has 0 saturated carbocycles. The van der Waals surface area contributed by atoms with Crippen molar-refractivity contribution in [3.05, 3.63) is 69.6 Å². The SMILES string of the molecule is O=c1cc(CNc2ccc3c(c2)CCC3)c2ccc(O)cc2o1. The number of fused-ring (bicyclic) bond motifs is 2. The van der Waals surface area contributed by atoms with E-state index in [4.69, 9.17) is 4.42 Å². The second-order valence-corrected chi connectivity index (χ2v) is 5.96. The van der Waals surface area contributed by atoms with Gasteiger partial charge in [-0.1, -0.05) is 6.07 Å². The summed E-state index contributed by atoms with van der Waals surface area (Å²) in [6, 6.07) is 12.8. The summed E-state index contributed by atoms with van der Waals surface area (Å²) in [7, 11) is 0. The predicted molar refractivity (Wildman–Crippen MR) is 89.9 cm³/mol. The third kappa shape index (κ3) is 2.68. The van der Waals surface area contributed by atoms with Crippen LogP contribution in [-0.4, -0.2) is 5.11 Å². The first-order chi connectivity index (χ1) is 11.2. The smallest absolute Gasteiger partial charge is 0.336 e. The van der Waals surface area contributed by atoms with Crippen LogP contribution in [0.1, 0.15) is 23.1 Å². The van der Waals surface area contributed by atoms with E-state index in [-0.39, 0.29) is 5.75 Å². The lowest BCUT2D eigenvalue weighted by Crippen LogP contribution is -2.06. The summed E-state index contributed by atoms with van der Waals surface area (Å²) in [4.78, 5) is 11.7. The van der Waals surface area contributed by atoms with Crippen LogP contribution in [0.25, 0.3) is 11.0 Å². The maximum Gasteiger partial charge on any atom is 0.336 e. The number of phenolic OH excluding ortho intramolecular Hbond substituents is 1. The average molecular weight is 307 g/mol. The Morgan fingerprint density at radius 1 is 1.04 bits per heavy atom. The van der Waals surface area contributed by atoms with Crippen molar-refractivity contribution in [2.75, 3.05) is 5.32 Å². The van der Waals surface area contributed by atoms with Gasteiger partial charge in [-0.25, -0.2) is 4.79 Å². The first-order valence-corrected chi connectivity index (χ1v) is 7.80. The van der Waals surface area contributed by atoms with Gasteiger partial charge in [-0.15, -0.1) is 0 Å². The molecule has 0 fully saturated rings. The van der Waals surface area contributed by atoms with E-state index >= 15 is 0 Å². The van der Waals surface area contributed by atoms with Crippen LogP contribution in [0.2, 0.25) is 0 Å². The molecular weight excluding hydrogens is 290 g/mol. The van der Waals surface area contributed by atoms with Gasteiger partial charge in [0, 0.05) is 29.8 Å². The van der Waals surface area contributed by atoms with Gasteiger partial charge in [0.05, 0.1) is 0 Å². The minimum atomic E-state index is -0.408. The molecule has 1 aliphatic carbocycles. The second-order valence-electron chi connectivity index (χ2n) is 5.96. The van der Waals surface area contributed by atoms with E-state index < -0.39 is 5.63 Å². The quantitative estimate of drug-likeness (QED) is 0.726. The lowest BCUT2D eigenvalue weighted by molar-refractivity contribution is 0.473. The molecule has 3 aromatic rings. The molecule has 0 aliphatic heterocycles. The number of hydrogen-bond acceptors (Lipinski definition) is 4. The summed E-state index contributed by atoms with van der Waals surface area (Å²) in [5.74, 6) is 0.0874. The van der Waals surface area contributed by atoms with E-state index in [9.17, 15) is 9.90 Å². The van der Waals surface area contributed by atoms with E-state index in [1.54, 1.807) is 12.1 Å². The van der Waals surface area contributed by atoms with Crippen LogP contribution < -0.4 is 10.9 Å². The van der Waals surface area contributed by atoms with Crippen LogP contribution in [0.15, 0.2) is 51.7 Å². The number of aromatic hydroxyl groups is 1. The minimum Gasteiger partial charge on any atom is -0.508 e. The van der Waals surface area contributed by atoms with Gasteiger partial charge in [-0.2, -0.15) is 0 Å². The molecule has 0 atom stereocenters. The lowest BCUT2D eigenvalue weighted by atomic mass is 10.1. The van der Waals surface area contributed by atoms with E-state index in [1.807, 2.05) is 0 Å². The van der Waals surface area contributed by atoms with Crippen molar-refractivity contribution in [2.24, 2.45) is 0 Å². The molecule has 4 nitrogen and oxygen atoms in total. The normalized spacial score (nSPS) is 13.2. The van der Waals surface area contributed by atoms with Crippen LogP contribution in [0.5, 0.6) is 5.75 Å². The molecule has 2 aromatic carbocycles. The van der Waals surface area contributed by atoms with Crippen molar-refractivity contribution < 1.29 is 9.52 Å². The van der Waals surface area contributed by atoms with Gasteiger partial charge in [-0.05, 0) is 60.2 Å². The molecule has 0 amide bonds. The third-order valence-electron chi connectivity index (χ3n) is 4.40. The van der Waals surface area contributed by atoms with Crippen LogP contribution in [0.4, 0.5) is 5.69 Å². The maximum absolute atomic E-state index is 11.7. The Balaban J connectivity index is 1.64. The highest BCUT2D eigenvalue weighted by atomic mass is 16.4. The molecule has 0 unspecified atom stereocenters. The number of benzene rings is 2. The molecular formula is C19H17NO3. The molecule has 0 saturated heterocycles. The zero-order valence-corrected chi connectivity index (χ0v) is 12.6. The molecule has 0 bridgehead atoms. The van der Waals surface area contributed by atoms with Crippen LogP contribution in [-0.2, 0) is 19.4 Å². The Hall–Kier alpha value is -2.75. The Morgan fingerprint density at radius 3 is 2.83 bits per heavy atom. The van der Waals surface area contributed by atoms with E-state index in [0.29, 0.717) is 12.1 Å². The minimum absolute atomic E-state index is 0.0874. The standard InChI is InChI=1S/C19H17NO3/c21-16-6-7-17-14(9-19(22)23-18(17)10-16)11-20-15-5-4-12-2-1-3-13(12)8-15/h4-10,20-21H,1-3,11H2. The maximum atomic E-state index is 11.7. The van der Waals surface area contributed by atoms with Gasteiger partial charge in [-0.3, -0.25) is 0 Å². The number of rotatable bonds is 3. The van der Waals surface area contributed by atoms with Crippen LogP contribution >= 0.6 is 0 Å². The highest BCUT2D eigenvalue weighted by Gasteiger charge is 2.11. The third-order valence-corrected chi connectivity index (χ3v) is 4.40. The molecule has 4 rings (SSSR count). The number of phenols is 1. The molecule has 4 heteroatoms. The molecule has 23 heavy (non-hydrogen) atoms. The van der Waals surface area contributed by atoms with Gasteiger partial charge in [0.2, 0.25) is 0 Å². The number of nitrogens with one attached hydrogen (secondary N) is 1. The summed E-state index contributed by atoms with van der Waals surface area (Å²) in [6.07, 6.45) is 3.54. The van der Waals surface area contributed by atoms with Gasteiger partial charge >= 0.3 is 5.63 Å². The van der Waals surface area contributed by atoms with E-state index in [1.165, 1.54) is 36.1 Å². The summed E-state index contributed by atoms with van der Waals surface area (Å²) >= 11 is 0. The van der Waals surface area contributed by atoms with Crippen molar-refractivity contribution in [2.45, 2.75) is 25.8 Å². The molecule has 1 aromatic heterocycles. The fourth-order valence-corrected chi connectivity index (χ4v) is 3.24. The summed E-state index contributed by atoms with van der Waals surface area (Å²) in [6.45, 7) is 0.533. The molecule has 0 radical (unpaired) electrons. The number of hydrogen-bond donors (Lipinski definition) is 2. The van der Waals surface area contributed by atoms with Crippen molar-refractivity contribution in [3.63, 3.8) is 0 Å². The van der Waals surface area contributed by atoms with Gasteiger partial charge in [0.1, 0.15) is 11.3 Å². The Morgan fingerprint density at radius 2 is 1.91 bits per heavy atom. The van der Waals surface area contributed by atoms with E-state index in [2.05, 4.69) is 23.5 Å². The Kier molecular flexibility index (Phi) is 3.30. The van der Waals surface area contributed by atoms with Crippen molar-refractivity contribution in [1.29, 1.82) is 0 Å². The monoisotopic (exact) mass is 307 g/mol. The number of anilines is 1. The fourth-order valence-electron chi connectivity index (χ4n) is 3.24. The second kappa shape index (κ2) is 5.47. The highest BCUT2D eigenvalue weighted by molar-refractivity contribution is 5.81. The van der Waals surface area contributed by atoms with Crippen molar-refractivity contribution >= 4 is 16.7 Å². The van der Waals surface area contributed by atoms with E-state index in [0.717, 1.165) is 23.1 Å². The molecule has 2 N–H and O–H groups in total. The Bertz CT molecular complexity index is 943.